The number of halogens is 1. The second kappa shape index (κ2) is 4.47. The summed E-state index contributed by atoms with van der Waals surface area (Å²) in [4.78, 5) is 5.05. The van der Waals surface area contributed by atoms with Crippen LogP contribution in [0.5, 0.6) is 0 Å². The number of aromatic nitrogens is 2. The lowest BCUT2D eigenvalue weighted by molar-refractivity contribution is 0.433. The standard InChI is InChI=1S/C13H10FN3OS/c1-7-4-8(6-9(14)5-7)12-16-13(18-17-12)10-2-3-11(15)19-10/h2-6H,15H2,1H3. The number of rotatable bonds is 2. The molecule has 6 heteroatoms. The molecule has 2 aromatic heterocycles. The molecular formula is C13H10FN3OS. The monoisotopic (exact) mass is 275 g/mol. The van der Waals surface area contributed by atoms with Crippen LogP contribution in [0, 0.1) is 12.7 Å². The van der Waals surface area contributed by atoms with Gasteiger partial charge >= 0.3 is 0 Å². The Balaban J connectivity index is 2.01. The molecule has 0 aliphatic heterocycles. The van der Waals surface area contributed by atoms with E-state index in [1.165, 1.54) is 23.5 Å². The Morgan fingerprint density at radius 1 is 1.26 bits per heavy atom. The van der Waals surface area contributed by atoms with Gasteiger partial charge in [0.2, 0.25) is 5.82 Å². The van der Waals surface area contributed by atoms with Gasteiger partial charge in [-0.25, -0.2) is 4.39 Å². The first-order valence-corrected chi connectivity index (χ1v) is 6.40. The maximum atomic E-state index is 13.3. The SMILES string of the molecule is Cc1cc(F)cc(-c2noc(-c3ccc(N)s3)n2)c1. The summed E-state index contributed by atoms with van der Waals surface area (Å²) >= 11 is 1.36. The van der Waals surface area contributed by atoms with Crippen LogP contribution in [0.3, 0.4) is 0 Å². The number of hydrogen-bond donors (Lipinski definition) is 1. The molecule has 0 atom stereocenters. The van der Waals surface area contributed by atoms with Gasteiger partial charge in [0.05, 0.1) is 9.88 Å². The molecule has 0 amide bonds. The quantitative estimate of drug-likeness (QED) is 0.777. The van der Waals surface area contributed by atoms with Gasteiger partial charge in [-0.2, -0.15) is 4.98 Å². The molecule has 19 heavy (non-hydrogen) atoms. The zero-order valence-electron chi connectivity index (χ0n) is 10.1. The highest BCUT2D eigenvalue weighted by atomic mass is 32.1. The molecule has 1 aromatic carbocycles. The fraction of sp³-hybridized carbons (Fsp3) is 0.0769. The lowest BCUT2D eigenvalue weighted by Crippen LogP contribution is -1.85. The third kappa shape index (κ3) is 2.34. The maximum absolute atomic E-state index is 13.3. The van der Waals surface area contributed by atoms with Crippen LogP contribution in [0.25, 0.3) is 22.2 Å². The Morgan fingerprint density at radius 3 is 2.79 bits per heavy atom. The van der Waals surface area contributed by atoms with Crippen molar-refractivity contribution < 1.29 is 8.91 Å². The third-order valence-corrected chi connectivity index (χ3v) is 3.47. The number of hydrogen-bond acceptors (Lipinski definition) is 5. The van der Waals surface area contributed by atoms with Crippen LogP contribution in [0.2, 0.25) is 0 Å². The van der Waals surface area contributed by atoms with Crippen molar-refractivity contribution in [3.63, 3.8) is 0 Å². The van der Waals surface area contributed by atoms with Gasteiger partial charge in [0.1, 0.15) is 5.82 Å². The van der Waals surface area contributed by atoms with Gasteiger partial charge in [-0.05, 0) is 42.8 Å². The summed E-state index contributed by atoms with van der Waals surface area (Å²) in [5, 5.41) is 4.54. The second-order valence-corrected chi connectivity index (χ2v) is 5.26. The molecule has 0 aliphatic rings. The molecule has 0 saturated heterocycles. The molecule has 0 spiro atoms. The van der Waals surface area contributed by atoms with E-state index in [9.17, 15) is 4.39 Å². The van der Waals surface area contributed by atoms with Crippen molar-refractivity contribution in [2.24, 2.45) is 0 Å². The van der Waals surface area contributed by atoms with Gasteiger partial charge in [0, 0.05) is 5.56 Å². The molecule has 4 nitrogen and oxygen atoms in total. The van der Waals surface area contributed by atoms with Gasteiger partial charge in [0.25, 0.3) is 5.89 Å². The van der Waals surface area contributed by atoms with Crippen molar-refractivity contribution in [2.45, 2.75) is 6.92 Å². The van der Waals surface area contributed by atoms with Gasteiger partial charge in [-0.1, -0.05) is 5.16 Å². The minimum atomic E-state index is -0.318. The maximum Gasteiger partial charge on any atom is 0.268 e. The molecule has 0 unspecified atom stereocenters. The first-order chi connectivity index (χ1) is 9.11. The number of anilines is 1. The Hall–Kier alpha value is -2.21. The summed E-state index contributed by atoms with van der Waals surface area (Å²) in [5.41, 5.74) is 7.05. The molecule has 0 aliphatic carbocycles. The van der Waals surface area contributed by atoms with Crippen LogP contribution in [-0.2, 0) is 0 Å². The topological polar surface area (TPSA) is 64.9 Å². The van der Waals surface area contributed by atoms with E-state index in [0.29, 0.717) is 22.3 Å². The van der Waals surface area contributed by atoms with Crippen molar-refractivity contribution in [3.05, 3.63) is 41.7 Å². The minimum absolute atomic E-state index is 0.318. The summed E-state index contributed by atoms with van der Waals surface area (Å²) in [7, 11) is 0. The van der Waals surface area contributed by atoms with Crippen LogP contribution in [0.1, 0.15) is 5.56 Å². The highest BCUT2D eigenvalue weighted by molar-refractivity contribution is 7.19. The first-order valence-electron chi connectivity index (χ1n) is 5.59. The normalized spacial score (nSPS) is 10.8. The lowest BCUT2D eigenvalue weighted by atomic mass is 10.1. The molecule has 0 bridgehead atoms. The van der Waals surface area contributed by atoms with E-state index >= 15 is 0 Å². The Kier molecular flexibility index (Phi) is 2.79. The number of nitrogen functional groups attached to an aromatic ring is 1. The molecule has 2 heterocycles. The number of nitrogens with two attached hydrogens (primary N) is 1. The molecule has 0 fully saturated rings. The van der Waals surface area contributed by atoms with Gasteiger partial charge in [-0.15, -0.1) is 11.3 Å². The molecule has 3 aromatic rings. The fourth-order valence-corrected chi connectivity index (χ4v) is 2.47. The van der Waals surface area contributed by atoms with Crippen LogP contribution in [0.15, 0.2) is 34.9 Å². The smallest absolute Gasteiger partial charge is 0.268 e. The Labute approximate surface area is 112 Å². The Morgan fingerprint density at radius 2 is 2.11 bits per heavy atom. The number of thiophene rings is 1. The predicted molar refractivity (Wildman–Crippen MR) is 72.2 cm³/mol. The largest absolute Gasteiger partial charge is 0.391 e. The molecular weight excluding hydrogens is 265 g/mol. The van der Waals surface area contributed by atoms with Gasteiger partial charge < -0.3 is 10.3 Å². The molecule has 96 valence electrons. The fourth-order valence-electron chi connectivity index (χ4n) is 1.77. The summed E-state index contributed by atoms with van der Waals surface area (Å²) in [5.74, 6) is 0.435. The van der Waals surface area contributed by atoms with E-state index in [0.717, 1.165) is 10.4 Å². The van der Waals surface area contributed by atoms with Crippen molar-refractivity contribution in [2.75, 3.05) is 5.73 Å². The molecule has 0 radical (unpaired) electrons. The number of benzene rings is 1. The van der Waals surface area contributed by atoms with Crippen LogP contribution in [0.4, 0.5) is 9.39 Å². The number of aryl methyl sites for hydroxylation is 1. The first kappa shape index (κ1) is 11.9. The summed E-state index contributed by atoms with van der Waals surface area (Å²) in [6.07, 6.45) is 0. The van der Waals surface area contributed by atoms with Crippen LogP contribution in [-0.4, -0.2) is 10.1 Å². The van der Waals surface area contributed by atoms with Crippen molar-refractivity contribution in [1.82, 2.24) is 10.1 Å². The third-order valence-electron chi connectivity index (χ3n) is 2.56. The zero-order chi connectivity index (χ0) is 13.4. The second-order valence-electron chi connectivity index (χ2n) is 4.14. The van der Waals surface area contributed by atoms with E-state index in [4.69, 9.17) is 10.3 Å². The van der Waals surface area contributed by atoms with Gasteiger partial charge in [0.15, 0.2) is 0 Å². The minimum Gasteiger partial charge on any atom is -0.391 e. The van der Waals surface area contributed by atoms with Crippen molar-refractivity contribution in [3.8, 4) is 22.2 Å². The summed E-state index contributed by atoms with van der Waals surface area (Å²) in [6, 6.07) is 8.22. The highest BCUT2D eigenvalue weighted by Gasteiger charge is 2.13. The van der Waals surface area contributed by atoms with Crippen molar-refractivity contribution in [1.29, 1.82) is 0 Å². The highest BCUT2D eigenvalue weighted by Crippen LogP contribution is 2.30. The van der Waals surface area contributed by atoms with E-state index in [1.807, 2.05) is 13.0 Å². The Bertz CT molecular complexity index is 715. The number of nitrogens with zero attached hydrogens (tertiary/aromatic N) is 2. The van der Waals surface area contributed by atoms with Gasteiger partial charge in [-0.3, -0.25) is 0 Å². The van der Waals surface area contributed by atoms with E-state index in [-0.39, 0.29) is 5.82 Å². The molecule has 2 N–H and O–H groups in total. The average Bonchev–Trinajstić information content (AvgIpc) is 2.95. The molecule has 0 saturated carbocycles. The zero-order valence-corrected chi connectivity index (χ0v) is 10.9. The van der Waals surface area contributed by atoms with Crippen LogP contribution < -0.4 is 5.73 Å². The van der Waals surface area contributed by atoms with Crippen LogP contribution >= 0.6 is 11.3 Å². The summed E-state index contributed by atoms with van der Waals surface area (Å²) < 4.78 is 18.5. The van der Waals surface area contributed by atoms with E-state index in [1.54, 1.807) is 12.1 Å². The van der Waals surface area contributed by atoms with E-state index in [2.05, 4.69) is 10.1 Å². The lowest BCUT2D eigenvalue weighted by Gasteiger charge is -1.97. The average molecular weight is 275 g/mol. The molecule has 3 rings (SSSR count). The van der Waals surface area contributed by atoms with Crippen molar-refractivity contribution >= 4 is 16.3 Å². The van der Waals surface area contributed by atoms with E-state index < -0.39 is 0 Å². The predicted octanol–water partition coefficient (Wildman–Crippen LogP) is 3.49. The summed E-state index contributed by atoms with van der Waals surface area (Å²) in [6.45, 7) is 1.81.